The van der Waals surface area contributed by atoms with E-state index in [-0.39, 0.29) is 35.8 Å². The van der Waals surface area contributed by atoms with E-state index in [1.54, 1.807) is 0 Å². The molecule has 0 aromatic heterocycles. The van der Waals surface area contributed by atoms with Crippen LogP contribution in [-0.2, 0) is 16.2 Å². The molecule has 0 bridgehead atoms. The average molecular weight is 284 g/mol. The van der Waals surface area contributed by atoms with Crippen molar-refractivity contribution in [1.82, 2.24) is 0 Å². The summed E-state index contributed by atoms with van der Waals surface area (Å²) < 4.78 is 24.1. The Balaban J connectivity index is -0.000000340. The van der Waals surface area contributed by atoms with E-state index in [2.05, 4.69) is 0 Å². The molecule has 11 heteroatoms. The molecule has 0 fully saturated rings. The van der Waals surface area contributed by atoms with Crippen molar-refractivity contribution in [3.8, 4) is 0 Å². The first-order chi connectivity index (χ1) is 7.27. The van der Waals surface area contributed by atoms with E-state index in [1.807, 2.05) is 0 Å². The Morgan fingerprint density at radius 3 is 1.76 bits per heavy atom. The van der Waals surface area contributed by atoms with E-state index in [0.717, 1.165) is 0 Å². The van der Waals surface area contributed by atoms with E-state index < -0.39 is 42.4 Å². The molecule has 0 radical (unpaired) electrons. The fourth-order valence-corrected chi connectivity index (χ4v) is 0.618. The summed E-state index contributed by atoms with van der Waals surface area (Å²) in [5.74, 6) is 0. The summed E-state index contributed by atoms with van der Waals surface area (Å²) >= 11 is -2.86. The van der Waals surface area contributed by atoms with Crippen LogP contribution in [0.4, 0.5) is 0 Å². The van der Waals surface area contributed by atoms with Crippen molar-refractivity contribution in [2.45, 2.75) is 24.4 Å². The minimum absolute atomic E-state index is 0. The number of carbonyl (C=O) groups is 1. The van der Waals surface area contributed by atoms with E-state index in [0.29, 0.717) is 0 Å². The first-order valence-corrected chi connectivity index (χ1v) is 4.87. The fraction of sp³-hybridized carbons (Fsp3) is 0.833. The van der Waals surface area contributed by atoms with Crippen LogP contribution in [-0.4, -0.2) is 76.2 Å². The van der Waals surface area contributed by atoms with Gasteiger partial charge in [-0.25, -0.2) is 4.21 Å². The summed E-state index contributed by atoms with van der Waals surface area (Å²) in [5.41, 5.74) is 0. The van der Waals surface area contributed by atoms with E-state index in [1.165, 1.54) is 0 Å². The SMILES string of the molecule is O=C[C@@H](O)[C@@H](O)[C@H](O)[C@H](O)CO.O=S([O-])O.[Na+]. The molecule has 0 saturated carbocycles. The third-order valence-corrected chi connectivity index (χ3v) is 1.42. The number of hydrogen-bond acceptors (Lipinski definition) is 8. The minimum Gasteiger partial charge on any atom is -0.750 e. The predicted molar refractivity (Wildman–Crippen MR) is 48.7 cm³/mol. The van der Waals surface area contributed by atoms with E-state index >= 15 is 0 Å². The van der Waals surface area contributed by atoms with Crippen molar-refractivity contribution in [1.29, 1.82) is 0 Å². The zero-order chi connectivity index (χ0) is 13.3. The van der Waals surface area contributed by atoms with Gasteiger partial charge in [-0.3, -0.25) is 0 Å². The number of aliphatic hydroxyl groups is 5. The Hall–Kier alpha value is 0.540. The molecule has 0 saturated heterocycles. The molecule has 0 rings (SSSR count). The van der Waals surface area contributed by atoms with Crippen molar-refractivity contribution >= 4 is 17.6 Å². The van der Waals surface area contributed by atoms with Gasteiger partial charge in [-0.1, -0.05) is 0 Å². The molecule has 0 spiro atoms. The Kier molecular flexibility index (Phi) is 17.3. The van der Waals surface area contributed by atoms with Gasteiger partial charge in [0.05, 0.1) is 18.0 Å². The standard InChI is InChI=1S/C6H12O6.Na.H2O3S/c7-1-3(9)5(11)6(12)4(10)2-8;;1-4(2)3/h1,3-6,8-12H,2H2;;(H2,1,2,3)/q;+1;/p-1/t3-,4-,5-,6-;;/m1../s1. The maximum Gasteiger partial charge on any atom is 1.00 e. The Labute approximate surface area is 121 Å². The van der Waals surface area contributed by atoms with Gasteiger partial charge in [-0.05, 0) is 0 Å². The summed E-state index contributed by atoms with van der Waals surface area (Å²) in [4.78, 5) is 9.90. The molecule has 0 amide bonds. The number of carbonyl (C=O) groups excluding carboxylic acids is 1. The van der Waals surface area contributed by atoms with Gasteiger partial charge in [0, 0.05) is 0 Å². The molecule has 0 aliphatic carbocycles. The number of aldehydes is 1. The molecule has 0 heterocycles. The molecule has 0 aromatic carbocycles. The molecular formula is C6H13NaO9S. The Morgan fingerprint density at radius 2 is 1.53 bits per heavy atom. The molecule has 0 aromatic rings. The zero-order valence-electron chi connectivity index (χ0n) is 8.91. The first-order valence-electron chi connectivity index (χ1n) is 3.84. The number of rotatable bonds is 5. The molecule has 17 heavy (non-hydrogen) atoms. The van der Waals surface area contributed by atoms with Gasteiger partial charge in [0.25, 0.3) is 0 Å². The monoisotopic (exact) mass is 284 g/mol. The largest absolute Gasteiger partial charge is 1.00 e. The van der Waals surface area contributed by atoms with Crippen LogP contribution in [0, 0.1) is 0 Å². The molecule has 0 aliphatic rings. The van der Waals surface area contributed by atoms with Crippen LogP contribution < -0.4 is 29.6 Å². The second-order valence-corrected chi connectivity index (χ2v) is 3.01. The smallest absolute Gasteiger partial charge is 0.750 e. The first kappa shape index (κ1) is 22.7. The van der Waals surface area contributed by atoms with Crippen LogP contribution in [0.15, 0.2) is 0 Å². The van der Waals surface area contributed by atoms with Crippen molar-refractivity contribution < 1.29 is 73.2 Å². The van der Waals surface area contributed by atoms with Crippen LogP contribution in [0.5, 0.6) is 0 Å². The van der Waals surface area contributed by atoms with Gasteiger partial charge in [0.1, 0.15) is 24.4 Å². The van der Waals surface area contributed by atoms with Crippen molar-refractivity contribution in [2.75, 3.05) is 6.61 Å². The van der Waals surface area contributed by atoms with Gasteiger partial charge in [-0.2, -0.15) is 0 Å². The van der Waals surface area contributed by atoms with Crippen molar-refractivity contribution in [3.63, 3.8) is 0 Å². The van der Waals surface area contributed by atoms with Gasteiger partial charge < -0.3 is 39.4 Å². The Morgan fingerprint density at radius 1 is 1.18 bits per heavy atom. The quantitative estimate of drug-likeness (QED) is 0.162. The van der Waals surface area contributed by atoms with Crippen molar-refractivity contribution in [3.05, 3.63) is 0 Å². The molecular weight excluding hydrogens is 271 g/mol. The molecule has 9 nitrogen and oxygen atoms in total. The van der Waals surface area contributed by atoms with Gasteiger partial charge in [0.2, 0.25) is 0 Å². The normalized spacial score (nSPS) is 18.5. The zero-order valence-corrected chi connectivity index (χ0v) is 11.7. The molecule has 98 valence electrons. The second-order valence-electron chi connectivity index (χ2n) is 2.57. The third kappa shape index (κ3) is 12.8. The maximum atomic E-state index is 9.90. The molecule has 5 atom stereocenters. The fourth-order valence-electron chi connectivity index (χ4n) is 0.618. The summed E-state index contributed by atoms with van der Waals surface area (Å²) in [6, 6.07) is 0. The van der Waals surface area contributed by atoms with E-state index in [4.69, 9.17) is 38.8 Å². The number of hydrogen-bond donors (Lipinski definition) is 6. The summed E-state index contributed by atoms with van der Waals surface area (Å²) in [6.07, 6.45) is -6.84. The van der Waals surface area contributed by atoms with Gasteiger partial charge >= 0.3 is 29.6 Å². The average Bonchev–Trinajstić information content (AvgIpc) is 2.24. The summed E-state index contributed by atoms with van der Waals surface area (Å²) in [6.45, 7) is -0.760. The van der Waals surface area contributed by atoms with Crippen LogP contribution in [0.3, 0.4) is 0 Å². The van der Waals surface area contributed by atoms with Crippen LogP contribution in [0.2, 0.25) is 0 Å². The van der Waals surface area contributed by atoms with Crippen LogP contribution in [0.1, 0.15) is 0 Å². The predicted octanol–water partition coefficient (Wildman–Crippen LogP) is -7.04. The van der Waals surface area contributed by atoms with Gasteiger partial charge in [0.15, 0.2) is 6.29 Å². The minimum atomic E-state index is -2.86. The second kappa shape index (κ2) is 13.0. The van der Waals surface area contributed by atoms with Crippen LogP contribution in [0.25, 0.3) is 0 Å². The maximum absolute atomic E-state index is 9.90. The molecule has 6 N–H and O–H groups in total. The molecule has 0 aliphatic heterocycles. The van der Waals surface area contributed by atoms with E-state index in [9.17, 15) is 4.79 Å². The van der Waals surface area contributed by atoms with Crippen LogP contribution >= 0.6 is 0 Å². The topological polar surface area (TPSA) is 179 Å². The van der Waals surface area contributed by atoms with Gasteiger partial charge in [-0.15, -0.1) is 0 Å². The Bertz CT molecular complexity index is 212. The number of aliphatic hydroxyl groups excluding tert-OH is 5. The summed E-state index contributed by atoms with van der Waals surface area (Å²) in [5, 5.41) is 43.5. The molecule has 1 unspecified atom stereocenters. The van der Waals surface area contributed by atoms with Crippen molar-refractivity contribution in [2.24, 2.45) is 0 Å². The summed E-state index contributed by atoms with van der Waals surface area (Å²) in [7, 11) is 0. The third-order valence-electron chi connectivity index (χ3n) is 1.42.